The molecule has 380 valence electrons. The van der Waals surface area contributed by atoms with E-state index in [1.165, 1.54) is 81.3 Å². The van der Waals surface area contributed by atoms with Crippen molar-refractivity contribution in [3.05, 3.63) is 260 Å². The second-order valence-corrected chi connectivity index (χ2v) is 21.1. The summed E-state index contributed by atoms with van der Waals surface area (Å²) in [6.07, 6.45) is 10.9. The van der Waals surface area contributed by atoms with E-state index in [0.717, 1.165) is 72.4 Å². The van der Waals surface area contributed by atoms with Crippen molar-refractivity contribution in [3.63, 3.8) is 0 Å². The zero-order chi connectivity index (χ0) is 52.3. The fourth-order valence-corrected chi connectivity index (χ4v) is 11.3. The normalized spacial score (nSPS) is 13.1. The van der Waals surface area contributed by atoms with Gasteiger partial charge in [0, 0.05) is 24.0 Å². The van der Waals surface area contributed by atoms with Crippen LogP contribution >= 0.6 is 0 Å². The number of para-hydroxylation sites is 1. The fraction of sp³-hybridized carbons (Fsp3) is 0.137. The molecule has 78 heavy (non-hydrogen) atoms. The standard InChI is InChI=1S/C40H26N2.C33H32NO.Ir/c1-2-13-29(14-3-1)40-28-31(24-26-42-40)34-18-5-7-20-36(34)38-22-9-8-21-37(38)35-19-6-4-17-33(35)30-15-12-16-32(27-30)39-23-10-11-25-41-39;1-21-18-24(23-14-16-33(3,4)17-15-23)12-13-25(21)29-19-30(34-20-22(29)2)28-10-7-9-27-26-8-5-6-11-31(26)35-32(27)28;/h1-13,15,17-28H;5-9,11-13,18-20,23H,14-17H2,1-4H3;/q-2;-1;+3. The van der Waals surface area contributed by atoms with Gasteiger partial charge >= 0.3 is 20.1 Å². The van der Waals surface area contributed by atoms with Gasteiger partial charge in [0.25, 0.3) is 0 Å². The number of pyridine rings is 3. The molecule has 0 saturated heterocycles. The number of aromatic nitrogens is 3. The van der Waals surface area contributed by atoms with Crippen LogP contribution in [0.1, 0.15) is 62.1 Å². The van der Waals surface area contributed by atoms with Gasteiger partial charge in [-0.2, -0.15) is 0 Å². The first-order valence-corrected chi connectivity index (χ1v) is 26.8. The molecule has 1 aliphatic rings. The number of benzene rings is 8. The minimum absolute atomic E-state index is 0. The molecule has 12 aromatic rings. The average Bonchev–Trinajstić information content (AvgIpc) is 3.90. The van der Waals surface area contributed by atoms with Crippen LogP contribution in [0.5, 0.6) is 0 Å². The van der Waals surface area contributed by atoms with Crippen LogP contribution in [0.4, 0.5) is 0 Å². The largest absolute Gasteiger partial charge is 3.00 e. The van der Waals surface area contributed by atoms with Crippen molar-refractivity contribution >= 4 is 21.9 Å². The van der Waals surface area contributed by atoms with Gasteiger partial charge in [-0.05, 0) is 153 Å². The van der Waals surface area contributed by atoms with Crippen LogP contribution < -0.4 is 0 Å². The van der Waals surface area contributed by atoms with Gasteiger partial charge in [-0.1, -0.05) is 158 Å². The smallest absolute Gasteiger partial charge is 0.501 e. The Bertz CT molecular complexity index is 3910. The van der Waals surface area contributed by atoms with Crippen LogP contribution in [0, 0.1) is 37.5 Å². The van der Waals surface area contributed by atoms with Gasteiger partial charge in [0.15, 0.2) is 0 Å². The van der Waals surface area contributed by atoms with E-state index in [1.54, 1.807) is 0 Å². The molecule has 1 fully saturated rings. The minimum atomic E-state index is 0. The molecule has 0 bridgehead atoms. The molecule has 4 aromatic heterocycles. The molecule has 4 heterocycles. The molecule has 8 aromatic carbocycles. The van der Waals surface area contributed by atoms with E-state index in [1.807, 2.05) is 85.3 Å². The molecule has 4 nitrogen and oxygen atoms in total. The van der Waals surface area contributed by atoms with E-state index in [2.05, 4.69) is 195 Å². The fourth-order valence-electron chi connectivity index (χ4n) is 11.3. The second kappa shape index (κ2) is 22.7. The number of nitrogens with zero attached hydrogens (tertiary/aromatic N) is 3. The molecule has 0 unspecified atom stereocenters. The molecule has 0 aliphatic heterocycles. The summed E-state index contributed by atoms with van der Waals surface area (Å²) in [4.78, 5) is 14.0. The minimum Gasteiger partial charge on any atom is -0.501 e. The summed E-state index contributed by atoms with van der Waals surface area (Å²) in [5.74, 6) is 0.685. The van der Waals surface area contributed by atoms with Crippen LogP contribution in [0.15, 0.2) is 229 Å². The maximum atomic E-state index is 6.26. The first-order valence-electron chi connectivity index (χ1n) is 26.8. The third-order valence-corrected chi connectivity index (χ3v) is 15.5. The first kappa shape index (κ1) is 51.7. The van der Waals surface area contributed by atoms with Gasteiger partial charge in [0.1, 0.15) is 5.58 Å². The van der Waals surface area contributed by atoms with Gasteiger partial charge < -0.3 is 19.4 Å². The SMILES string of the molecule is Cc1cc(C2CCC(C)(C)CC2)ccc1-c1cc(-c2[c-]ccc3c2oc2ccccc23)ncc1C.[Ir+3].[c-]1ccccc1-c1cc(-c2ccccc2-c2ccccc2-c2ccccc2-c2cc[c-]c(-c3ccccn3)c2)ccn1. The van der Waals surface area contributed by atoms with Crippen molar-refractivity contribution in [2.75, 3.05) is 0 Å². The Hall–Kier alpha value is -8.34. The Morgan fingerprint density at radius 2 is 1.08 bits per heavy atom. The number of hydrogen-bond donors (Lipinski definition) is 0. The molecular weight excluding hydrogens is 1130 g/mol. The number of rotatable bonds is 9. The Labute approximate surface area is 472 Å². The van der Waals surface area contributed by atoms with E-state index < -0.39 is 0 Å². The molecule has 0 radical (unpaired) electrons. The molecule has 0 amide bonds. The van der Waals surface area contributed by atoms with Crippen molar-refractivity contribution in [2.45, 2.75) is 59.3 Å². The number of furan rings is 1. The molecule has 0 atom stereocenters. The van der Waals surface area contributed by atoms with E-state index >= 15 is 0 Å². The predicted octanol–water partition coefficient (Wildman–Crippen LogP) is 19.5. The number of aryl methyl sites for hydroxylation is 2. The number of hydrogen-bond acceptors (Lipinski definition) is 4. The van der Waals surface area contributed by atoms with Gasteiger partial charge in [-0.15, -0.1) is 89.5 Å². The molecule has 13 rings (SSSR count). The van der Waals surface area contributed by atoms with E-state index in [4.69, 9.17) is 9.40 Å². The van der Waals surface area contributed by atoms with Gasteiger partial charge in [-0.3, -0.25) is 0 Å². The van der Waals surface area contributed by atoms with Crippen molar-refractivity contribution < 1.29 is 24.5 Å². The summed E-state index contributed by atoms with van der Waals surface area (Å²) in [6, 6.07) is 82.0. The maximum absolute atomic E-state index is 6.26. The van der Waals surface area contributed by atoms with E-state index in [0.29, 0.717) is 11.3 Å². The van der Waals surface area contributed by atoms with E-state index in [-0.39, 0.29) is 20.1 Å². The van der Waals surface area contributed by atoms with Crippen LogP contribution in [0.25, 0.3) is 111 Å². The van der Waals surface area contributed by atoms with Crippen LogP contribution in [0.3, 0.4) is 0 Å². The van der Waals surface area contributed by atoms with Crippen molar-refractivity contribution in [1.82, 2.24) is 15.0 Å². The first-order chi connectivity index (χ1) is 37.7. The molecule has 5 heteroatoms. The number of fused-ring (bicyclic) bond motifs is 3. The monoisotopic (exact) mass is 1190 g/mol. The Kier molecular flexibility index (Phi) is 15.1. The van der Waals surface area contributed by atoms with Crippen LogP contribution in [0.2, 0.25) is 0 Å². The predicted molar refractivity (Wildman–Crippen MR) is 318 cm³/mol. The molecular formula is C73H58IrN3O. The maximum Gasteiger partial charge on any atom is 3.00 e. The van der Waals surface area contributed by atoms with Gasteiger partial charge in [0.2, 0.25) is 0 Å². The summed E-state index contributed by atoms with van der Waals surface area (Å²) in [5, 5.41) is 2.23. The topological polar surface area (TPSA) is 51.8 Å². The molecule has 0 N–H and O–H groups in total. The van der Waals surface area contributed by atoms with Crippen molar-refractivity contribution in [1.29, 1.82) is 0 Å². The molecule has 1 saturated carbocycles. The third kappa shape index (κ3) is 10.7. The Balaban J connectivity index is 0.000000166. The summed E-state index contributed by atoms with van der Waals surface area (Å²) in [5.41, 5.74) is 23.6. The molecule has 1 aliphatic carbocycles. The quantitative estimate of drug-likeness (QED) is 0.135. The summed E-state index contributed by atoms with van der Waals surface area (Å²) in [7, 11) is 0. The summed E-state index contributed by atoms with van der Waals surface area (Å²) < 4.78 is 6.26. The van der Waals surface area contributed by atoms with Gasteiger partial charge in [-0.25, -0.2) is 0 Å². The summed E-state index contributed by atoms with van der Waals surface area (Å²) >= 11 is 0. The zero-order valence-corrected chi connectivity index (χ0v) is 46.7. The van der Waals surface area contributed by atoms with Crippen LogP contribution in [-0.2, 0) is 20.1 Å². The Morgan fingerprint density at radius 1 is 0.449 bits per heavy atom. The Morgan fingerprint density at radius 3 is 1.77 bits per heavy atom. The van der Waals surface area contributed by atoms with Crippen LogP contribution in [-0.4, -0.2) is 15.0 Å². The summed E-state index contributed by atoms with van der Waals surface area (Å²) in [6.45, 7) is 9.21. The third-order valence-electron chi connectivity index (χ3n) is 15.5. The van der Waals surface area contributed by atoms with E-state index in [9.17, 15) is 0 Å². The second-order valence-electron chi connectivity index (χ2n) is 21.1. The zero-order valence-electron chi connectivity index (χ0n) is 44.4. The molecule has 0 spiro atoms. The average molecular weight is 1190 g/mol. The van der Waals surface area contributed by atoms with Crippen molar-refractivity contribution in [2.24, 2.45) is 5.41 Å². The van der Waals surface area contributed by atoms with Gasteiger partial charge in [0.05, 0.1) is 5.58 Å². The van der Waals surface area contributed by atoms with Crippen molar-refractivity contribution in [3.8, 4) is 89.4 Å².